The van der Waals surface area contributed by atoms with Crippen LogP contribution in [-0.4, -0.2) is 46.0 Å². The lowest BCUT2D eigenvalue weighted by molar-refractivity contribution is 0.153. The van der Waals surface area contributed by atoms with E-state index < -0.39 is 5.54 Å². The Morgan fingerprint density at radius 2 is 1.84 bits per heavy atom. The Morgan fingerprint density at radius 3 is 2.55 bits per heavy atom. The minimum Gasteiger partial charge on any atom is -0.350 e. The van der Waals surface area contributed by atoms with E-state index in [0.29, 0.717) is 19.6 Å². The van der Waals surface area contributed by atoms with E-state index in [1.807, 2.05) is 74.2 Å². The molecular formula is C24H27N7. The largest absolute Gasteiger partial charge is 0.350 e. The second kappa shape index (κ2) is 8.23. The maximum atomic E-state index is 10.3. The molecule has 2 N–H and O–H groups in total. The van der Waals surface area contributed by atoms with Crippen LogP contribution in [0.25, 0.3) is 11.0 Å². The number of fused-ring (bicyclic) bond motifs is 1. The summed E-state index contributed by atoms with van der Waals surface area (Å²) >= 11 is 0. The molecule has 1 aliphatic rings. The van der Waals surface area contributed by atoms with Crippen LogP contribution < -0.4 is 10.2 Å². The molecule has 0 aliphatic carbocycles. The van der Waals surface area contributed by atoms with Gasteiger partial charge in [-0.05, 0) is 36.6 Å². The van der Waals surface area contributed by atoms with Gasteiger partial charge in [-0.25, -0.2) is 4.98 Å². The van der Waals surface area contributed by atoms with Crippen molar-refractivity contribution in [3.8, 4) is 6.07 Å². The zero-order valence-corrected chi connectivity index (χ0v) is 18.1. The summed E-state index contributed by atoms with van der Waals surface area (Å²) in [4.78, 5) is 13.3. The number of nitrogens with one attached hydrogen (secondary N) is 2. The van der Waals surface area contributed by atoms with E-state index in [9.17, 15) is 5.26 Å². The molecule has 7 nitrogen and oxygen atoms in total. The van der Waals surface area contributed by atoms with Crippen molar-refractivity contribution in [1.82, 2.24) is 14.9 Å². The predicted octanol–water partition coefficient (Wildman–Crippen LogP) is 4.03. The fourth-order valence-electron chi connectivity index (χ4n) is 4.11. The first-order valence-electron chi connectivity index (χ1n) is 10.5. The van der Waals surface area contributed by atoms with E-state index >= 15 is 0 Å². The number of aromatic nitrogens is 2. The van der Waals surface area contributed by atoms with Gasteiger partial charge in [-0.1, -0.05) is 44.2 Å². The van der Waals surface area contributed by atoms with Crippen molar-refractivity contribution in [2.45, 2.75) is 26.3 Å². The number of nitriles is 1. The lowest BCUT2D eigenvalue weighted by Gasteiger charge is -2.50. The maximum absolute atomic E-state index is 10.3. The van der Waals surface area contributed by atoms with E-state index in [1.165, 1.54) is 0 Å². The third-order valence-corrected chi connectivity index (χ3v) is 6.08. The molecule has 31 heavy (non-hydrogen) atoms. The van der Waals surface area contributed by atoms with Crippen LogP contribution in [0, 0.1) is 29.6 Å². The van der Waals surface area contributed by atoms with Crippen molar-refractivity contribution < 1.29 is 0 Å². The minimum atomic E-state index is -0.863. The van der Waals surface area contributed by atoms with E-state index in [2.05, 4.69) is 21.3 Å². The molecule has 0 bridgehead atoms. The number of nitrogens with zero attached hydrogens (tertiary/aromatic N) is 5. The SMILES string of the molecule is Cc1ccccc1NC(=N)N1CCN(c2cnc3ccccc3n2)C[C@]1(C#N)C(C)C. The van der Waals surface area contributed by atoms with Gasteiger partial charge >= 0.3 is 0 Å². The number of aryl methyl sites for hydroxylation is 1. The van der Waals surface area contributed by atoms with Gasteiger partial charge in [0.25, 0.3) is 0 Å². The molecular weight excluding hydrogens is 386 g/mol. The highest BCUT2D eigenvalue weighted by Gasteiger charge is 2.46. The van der Waals surface area contributed by atoms with Gasteiger partial charge < -0.3 is 15.1 Å². The molecule has 7 heteroatoms. The quantitative estimate of drug-likeness (QED) is 0.498. The normalized spacial score (nSPS) is 18.8. The van der Waals surface area contributed by atoms with Gasteiger partial charge in [-0.15, -0.1) is 0 Å². The zero-order valence-electron chi connectivity index (χ0n) is 18.1. The van der Waals surface area contributed by atoms with Crippen LogP contribution >= 0.6 is 0 Å². The Bertz CT molecular complexity index is 1150. The lowest BCUT2D eigenvalue weighted by Crippen LogP contribution is -2.67. The number of rotatable bonds is 3. The van der Waals surface area contributed by atoms with Gasteiger partial charge in [0.1, 0.15) is 11.4 Å². The third kappa shape index (κ3) is 3.77. The van der Waals surface area contributed by atoms with E-state index in [0.717, 1.165) is 28.1 Å². The van der Waals surface area contributed by atoms with E-state index in [-0.39, 0.29) is 11.9 Å². The summed E-state index contributed by atoms with van der Waals surface area (Å²) < 4.78 is 0. The smallest absolute Gasteiger partial charge is 0.197 e. The van der Waals surface area contributed by atoms with E-state index in [1.54, 1.807) is 6.20 Å². The minimum absolute atomic E-state index is 0.00716. The molecule has 0 spiro atoms. The molecule has 0 radical (unpaired) electrons. The highest BCUT2D eigenvalue weighted by Crippen LogP contribution is 2.32. The summed E-state index contributed by atoms with van der Waals surface area (Å²) in [7, 11) is 0. The highest BCUT2D eigenvalue weighted by atomic mass is 15.4. The molecule has 2 heterocycles. The molecule has 158 valence electrons. The molecule has 0 saturated carbocycles. The third-order valence-electron chi connectivity index (χ3n) is 6.08. The predicted molar refractivity (Wildman–Crippen MR) is 124 cm³/mol. The van der Waals surface area contributed by atoms with Gasteiger partial charge in [-0.3, -0.25) is 10.4 Å². The molecule has 1 aromatic heterocycles. The van der Waals surface area contributed by atoms with Crippen molar-refractivity contribution in [3.05, 3.63) is 60.3 Å². The number of hydrogen-bond donors (Lipinski definition) is 2. The topological polar surface area (TPSA) is 91.9 Å². The molecule has 3 aromatic rings. The lowest BCUT2D eigenvalue weighted by atomic mass is 9.83. The Kier molecular flexibility index (Phi) is 5.47. The second-order valence-corrected chi connectivity index (χ2v) is 8.27. The molecule has 1 aliphatic heterocycles. The van der Waals surface area contributed by atoms with Crippen LogP contribution in [0.2, 0.25) is 0 Å². The molecule has 4 rings (SSSR count). The number of benzene rings is 2. The second-order valence-electron chi connectivity index (χ2n) is 8.27. The summed E-state index contributed by atoms with van der Waals surface area (Å²) in [6.07, 6.45) is 1.78. The summed E-state index contributed by atoms with van der Waals surface area (Å²) in [6.45, 7) is 7.72. The molecule has 1 atom stereocenters. The van der Waals surface area contributed by atoms with Crippen molar-refractivity contribution in [1.29, 1.82) is 10.7 Å². The van der Waals surface area contributed by atoms with Crippen molar-refractivity contribution in [2.75, 3.05) is 29.9 Å². The zero-order chi connectivity index (χ0) is 22.0. The molecule has 2 aromatic carbocycles. The molecule has 1 fully saturated rings. The Hall–Kier alpha value is -3.66. The van der Waals surface area contributed by atoms with Crippen molar-refractivity contribution in [3.63, 3.8) is 0 Å². The first-order valence-corrected chi connectivity index (χ1v) is 10.5. The van der Waals surface area contributed by atoms with Crippen LogP contribution in [0.3, 0.4) is 0 Å². The number of piperazine rings is 1. The Labute approximate surface area is 182 Å². The van der Waals surface area contributed by atoms with Crippen LogP contribution in [0.4, 0.5) is 11.5 Å². The van der Waals surface area contributed by atoms with Gasteiger partial charge in [0.15, 0.2) is 5.96 Å². The standard InChI is InChI=1S/C24H27N7/c1-17(2)24(15-25)16-30(22-14-27-20-10-6-7-11-21(20)28-22)12-13-31(24)23(26)29-19-9-5-4-8-18(19)3/h4-11,14,17H,12-13,16H2,1-3H3,(H2,26,29)/t24-/m1/s1. The average molecular weight is 414 g/mol. The number of para-hydroxylation sites is 3. The van der Waals surface area contributed by atoms with Gasteiger partial charge in [-0.2, -0.15) is 5.26 Å². The number of guanidine groups is 1. The van der Waals surface area contributed by atoms with Crippen LogP contribution in [-0.2, 0) is 0 Å². The monoisotopic (exact) mass is 413 g/mol. The maximum Gasteiger partial charge on any atom is 0.197 e. The number of hydrogen-bond acceptors (Lipinski definition) is 5. The highest BCUT2D eigenvalue weighted by molar-refractivity contribution is 5.93. The Morgan fingerprint density at radius 1 is 1.13 bits per heavy atom. The van der Waals surface area contributed by atoms with Crippen LogP contribution in [0.15, 0.2) is 54.7 Å². The summed E-state index contributed by atoms with van der Waals surface area (Å²) in [5, 5.41) is 22.3. The molecule has 1 saturated heterocycles. The summed E-state index contributed by atoms with van der Waals surface area (Å²) in [5.41, 5.74) is 2.77. The van der Waals surface area contributed by atoms with Crippen molar-refractivity contribution in [2.24, 2.45) is 5.92 Å². The summed E-state index contributed by atoms with van der Waals surface area (Å²) in [6, 6.07) is 18.2. The molecule has 0 amide bonds. The molecule has 0 unspecified atom stereocenters. The van der Waals surface area contributed by atoms with Crippen LogP contribution in [0.5, 0.6) is 0 Å². The fourth-order valence-corrected chi connectivity index (χ4v) is 4.11. The van der Waals surface area contributed by atoms with Gasteiger partial charge in [0, 0.05) is 18.8 Å². The first-order chi connectivity index (χ1) is 14.9. The van der Waals surface area contributed by atoms with Crippen LogP contribution in [0.1, 0.15) is 19.4 Å². The Balaban J connectivity index is 1.63. The fraction of sp³-hybridized carbons (Fsp3) is 0.333. The number of anilines is 2. The van der Waals surface area contributed by atoms with E-state index in [4.69, 9.17) is 10.4 Å². The van der Waals surface area contributed by atoms with Crippen molar-refractivity contribution >= 4 is 28.5 Å². The average Bonchev–Trinajstić information content (AvgIpc) is 2.79. The van der Waals surface area contributed by atoms with Gasteiger partial charge in [0.2, 0.25) is 0 Å². The van der Waals surface area contributed by atoms with Gasteiger partial charge in [0.05, 0.1) is 29.8 Å². The summed E-state index contributed by atoms with van der Waals surface area (Å²) in [5.74, 6) is 1.01. The first kappa shape index (κ1) is 20.6.